The molecule has 0 aliphatic carbocycles. The Morgan fingerprint density at radius 2 is 1.91 bits per heavy atom. The minimum Gasteiger partial charge on any atom is -0.398 e. The van der Waals surface area contributed by atoms with E-state index in [1.54, 1.807) is 6.07 Å². The van der Waals surface area contributed by atoms with E-state index in [1.165, 1.54) is 12.1 Å². The van der Waals surface area contributed by atoms with Gasteiger partial charge < -0.3 is 5.73 Å². The summed E-state index contributed by atoms with van der Waals surface area (Å²) in [6.07, 6.45) is 0.882. The Bertz CT molecular complexity index is 659. The van der Waals surface area contributed by atoms with Gasteiger partial charge in [0.05, 0.1) is 11.1 Å². The van der Waals surface area contributed by atoms with Crippen molar-refractivity contribution in [3.63, 3.8) is 0 Å². The van der Waals surface area contributed by atoms with Crippen molar-refractivity contribution in [1.82, 2.24) is 10.2 Å². The maximum Gasteiger partial charge on any atom is 0.264 e. The maximum atomic E-state index is 12.2. The molecule has 1 aromatic rings. The van der Waals surface area contributed by atoms with E-state index in [1.807, 2.05) is 0 Å². The standard InChI is InChI=1S/C14H14IN3O4/c15-6-2-5-10(19)17-11(20)7-18-13(21)8-3-1-4-9(16)12(8)14(18)22/h1,3-4H,2,5-7,16H2,(H,17,19,20). The molecule has 0 aromatic heterocycles. The van der Waals surface area contributed by atoms with Crippen molar-refractivity contribution in [3.8, 4) is 0 Å². The van der Waals surface area contributed by atoms with Crippen molar-refractivity contribution in [3.05, 3.63) is 29.3 Å². The zero-order valence-corrected chi connectivity index (χ0v) is 13.8. The Kier molecular flexibility index (Phi) is 5.11. The van der Waals surface area contributed by atoms with Crippen LogP contribution >= 0.6 is 22.6 Å². The van der Waals surface area contributed by atoms with Gasteiger partial charge in [-0.1, -0.05) is 28.7 Å². The van der Waals surface area contributed by atoms with Gasteiger partial charge in [0.15, 0.2) is 0 Å². The highest BCUT2D eigenvalue weighted by Gasteiger charge is 2.38. The first-order valence-electron chi connectivity index (χ1n) is 6.59. The third kappa shape index (κ3) is 3.26. The number of nitrogen functional groups attached to an aromatic ring is 1. The number of alkyl halides is 1. The molecule has 7 nitrogen and oxygen atoms in total. The molecule has 2 rings (SSSR count). The second kappa shape index (κ2) is 6.86. The van der Waals surface area contributed by atoms with Crippen LogP contribution in [-0.2, 0) is 9.59 Å². The van der Waals surface area contributed by atoms with Crippen molar-refractivity contribution >= 4 is 51.9 Å². The second-order valence-corrected chi connectivity index (χ2v) is 5.81. The average Bonchev–Trinajstić information content (AvgIpc) is 2.71. The number of carbonyl (C=O) groups excluding carboxylic acids is 4. The number of halogens is 1. The van der Waals surface area contributed by atoms with E-state index >= 15 is 0 Å². The monoisotopic (exact) mass is 415 g/mol. The molecule has 0 fully saturated rings. The van der Waals surface area contributed by atoms with Gasteiger partial charge in [-0.05, 0) is 18.6 Å². The summed E-state index contributed by atoms with van der Waals surface area (Å²) >= 11 is 2.13. The van der Waals surface area contributed by atoms with E-state index < -0.39 is 30.2 Å². The molecule has 0 unspecified atom stereocenters. The molecule has 116 valence electrons. The summed E-state index contributed by atoms with van der Waals surface area (Å²) < 4.78 is 0.803. The molecule has 0 spiro atoms. The fourth-order valence-corrected chi connectivity index (χ4v) is 2.51. The van der Waals surface area contributed by atoms with Gasteiger partial charge >= 0.3 is 0 Å². The summed E-state index contributed by atoms with van der Waals surface area (Å²) in [5.41, 5.74) is 6.17. The normalized spacial score (nSPS) is 13.2. The Morgan fingerprint density at radius 3 is 2.55 bits per heavy atom. The number of nitrogens with zero attached hydrogens (tertiary/aromatic N) is 1. The van der Waals surface area contributed by atoms with Crippen LogP contribution in [0.5, 0.6) is 0 Å². The fourth-order valence-electron chi connectivity index (χ4n) is 2.13. The van der Waals surface area contributed by atoms with Gasteiger partial charge in [0.1, 0.15) is 6.54 Å². The summed E-state index contributed by atoms with van der Waals surface area (Å²) in [5.74, 6) is -2.31. The number of anilines is 1. The van der Waals surface area contributed by atoms with E-state index in [9.17, 15) is 19.2 Å². The lowest BCUT2D eigenvalue weighted by atomic mass is 10.1. The van der Waals surface area contributed by atoms with Crippen LogP contribution in [0.25, 0.3) is 0 Å². The predicted molar refractivity (Wildman–Crippen MR) is 87.5 cm³/mol. The van der Waals surface area contributed by atoms with Crippen molar-refractivity contribution in [2.75, 3.05) is 16.7 Å². The number of amides is 4. The van der Waals surface area contributed by atoms with Crippen LogP contribution in [0.4, 0.5) is 5.69 Å². The van der Waals surface area contributed by atoms with Gasteiger partial charge in [0, 0.05) is 16.5 Å². The maximum absolute atomic E-state index is 12.2. The Morgan fingerprint density at radius 1 is 1.18 bits per heavy atom. The van der Waals surface area contributed by atoms with E-state index in [0.717, 1.165) is 9.33 Å². The van der Waals surface area contributed by atoms with Gasteiger partial charge in [-0.15, -0.1) is 0 Å². The molecule has 4 amide bonds. The van der Waals surface area contributed by atoms with E-state index in [2.05, 4.69) is 27.9 Å². The van der Waals surface area contributed by atoms with Crippen LogP contribution < -0.4 is 11.1 Å². The molecule has 8 heteroatoms. The number of nitrogens with one attached hydrogen (secondary N) is 1. The summed E-state index contributed by atoms with van der Waals surface area (Å²) in [7, 11) is 0. The topological polar surface area (TPSA) is 110 Å². The molecule has 0 radical (unpaired) electrons. The van der Waals surface area contributed by atoms with Crippen molar-refractivity contribution in [1.29, 1.82) is 0 Å². The van der Waals surface area contributed by atoms with Crippen LogP contribution in [-0.4, -0.2) is 39.5 Å². The van der Waals surface area contributed by atoms with E-state index in [4.69, 9.17) is 5.73 Å². The molecule has 3 N–H and O–H groups in total. The highest BCUT2D eigenvalue weighted by molar-refractivity contribution is 14.1. The van der Waals surface area contributed by atoms with Crippen molar-refractivity contribution < 1.29 is 19.2 Å². The van der Waals surface area contributed by atoms with Gasteiger partial charge in [-0.2, -0.15) is 0 Å². The largest absolute Gasteiger partial charge is 0.398 e. The number of imide groups is 2. The van der Waals surface area contributed by atoms with Crippen LogP contribution in [0.3, 0.4) is 0 Å². The first-order valence-corrected chi connectivity index (χ1v) is 8.11. The van der Waals surface area contributed by atoms with Crippen LogP contribution in [0.1, 0.15) is 33.6 Å². The van der Waals surface area contributed by atoms with Crippen LogP contribution in [0.15, 0.2) is 18.2 Å². The number of hydrogen-bond acceptors (Lipinski definition) is 5. The predicted octanol–water partition coefficient (Wildman–Crippen LogP) is 0.723. The molecule has 1 aromatic carbocycles. The number of nitrogens with two attached hydrogens (primary N) is 1. The van der Waals surface area contributed by atoms with Crippen molar-refractivity contribution in [2.24, 2.45) is 0 Å². The Labute approximate surface area is 140 Å². The SMILES string of the molecule is Nc1cccc2c1C(=O)N(CC(=O)NC(=O)CCCI)C2=O. The molecular formula is C14H14IN3O4. The first-order chi connectivity index (χ1) is 10.5. The van der Waals surface area contributed by atoms with Crippen LogP contribution in [0.2, 0.25) is 0 Å². The molecule has 0 saturated heterocycles. The molecule has 0 saturated carbocycles. The van der Waals surface area contributed by atoms with Gasteiger partial charge in [-0.3, -0.25) is 29.4 Å². The third-order valence-corrected chi connectivity index (χ3v) is 3.91. The van der Waals surface area contributed by atoms with Gasteiger partial charge in [0.25, 0.3) is 11.8 Å². The highest BCUT2D eigenvalue weighted by Crippen LogP contribution is 2.27. The third-order valence-electron chi connectivity index (χ3n) is 3.15. The summed E-state index contributed by atoms with van der Waals surface area (Å²) in [6, 6.07) is 4.56. The van der Waals surface area contributed by atoms with Crippen molar-refractivity contribution in [2.45, 2.75) is 12.8 Å². The Hall–Kier alpha value is -1.97. The lowest BCUT2D eigenvalue weighted by molar-refractivity contribution is -0.130. The minimum absolute atomic E-state index is 0.108. The molecule has 22 heavy (non-hydrogen) atoms. The summed E-state index contributed by atoms with van der Waals surface area (Å²) in [5, 5.41) is 2.17. The number of hydrogen-bond donors (Lipinski definition) is 2. The second-order valence-electron chi connectivity index (χ2n) is 4.73. The minimum atomic E-state index is -0.688. The molecule has 1 heterocycles. The molecular weight excluding hydrogens is 401 g/mol. The van der Waals surface area contributed by atoms with E-state index in [0.29, 0.717) is 6.42 Å². The lowest BCUT2D eigenvalue weighted by Crippen LogP contribution is -2.42. The van der Waals surface area contributed by atoms with Gasteiger partial charge in [0.2, 0.25) is 11.8 Å². The molecule has 0 bridgehead atoms. The van der Waals surface area contributed by atoms with E-state index in [-0.39, 0.29) is 23.2 Å². The Balaban J connectivity index is 2.05. The average molecular weight is 415 g/mol. The zero-order chi connectivity index (χ0) is 16.3. The van der Waals surface area contributed by atoms with Gasteiger partial charge in [-0.25, -0.2) is 0 Å². The zero-order valence-electron chi connectivity index (χ0n) is 11.6. The summed E-state index contributed by atoms with van der Waals surface area (Å²) in [4.78, 5) is 48.4. The smallest absolute Gasteiger partial charge is 0.264 e. The number of benzene rings is 1. The first kappa shape index (κ1) is 16.4. The molecule has 1 aliphatic rings. The number of carbonyl (C=O) groups is 4. The lowest BCUT2D eigenvalue weighted by Gasteiger charge is -2.13. The fraction of sp³-hybridized carbons (Fsp3) is 0.286. The highest BCUT2D eigenvalue weighted by atomic mass is 127. The summed E-state index contributed by atoms with van der Waals surface area (Å²) in [6.45, 7) is -0.498. The quantitative estimate of drug-likeness (QED) is 0.319. The van der Waals surface area contributed by atoms with Crippen LogP contribution in [0, 0.1) is 0 Å². The number of rotatable bonds is 5. The molecule has 0 atom stereocenters. The number of fused-ring (bicyclic) bond motifs is 1. The molecule has 1 aliphatic heterocycles.